The number of pyridine rings is 1. The molecule has 2 rings (SSSR count). The maximum Gasteiger partial charge on any atom is 0.354 e. The molecular formula is C17H22N2O3. The molecule has 0 unspecified atom stereocenters. The smallest absolute Gasteiger partial charge is 0.354 e. The Labute approximate surface area is 130 Å². The number of hydrogen-bond donors (Lipinski definition) is 1. The van der Waals surface area contributed by atoms with E-state index >= 15 is 0 Å². The van der Waals surface area contributed by atoms with Crippen molar-refractivity contribution in [3.05, 3.63) is 48.3 Å². The summed E-state index contributed by atoms with van der Waals surface area (Å²) in [6.07, 6.45) is 7.63. The van der Waals surface area contributed by atoms with Gasteiger partial charge in [0.05, 0.1) is 24.6 Å². The molecule has 0 spiro atoms. The first-order valence-corrected chi connectivity index (χ1v) is 7.47. The normalized spacial score (nSPS) is 16.6. The number of carboxylic acids is 1. The fourth-order valence-corrected chi connectivity index (χ4v) is 2.45. The predicted octanol–water partition coefficient (Wildman–Crippen LogP) is 2.90. The quantitative estimate of drug-likeness (QED) is 0.819. The zero-order chi connectivity index (χ0) is 15.9. The first-order valence-electron chi connectivity index (χ1n) is 7.47. The van der Waals surface area contributed by atoms with Crippen molar-refractivity contribution in [2.75, 3.05) is 24.6 Å². The molecule has 1 saturated heterocycles. The Bertz CT molecular complexity index is 544. The monoisotopic (exact) mass is 302 g/mol. The van der Waals surface area contributed by atoms with Gasteiger partial charge in [-0.3, -0.25) is 0 Å². The molecule has 0 aliphatic carbocycles. The average molecular weight is 302 g/mol. The van der Waals surface area contributed by atoms with Crippen LogP contribution in [-0.4, -0.2) is 41.9 Å². The number of aromatic nitrogens is 1. The lowest BCUT2D eigenvalue weighted by molar-refractivity contribution is 0.0532. The number of aromatic carboxylic acids is 1. The van der Waals surface area contributed by atoms with Crippen molar-refractivity contribution in [3.63, 3.8) is 0 Å². The van der Waals surface area contributed by atoms with Crippen molar-refractivity contribution >= 4 is 11.7 Å². The van der Waals surface area contributed by atoms with Crippen LogP contribution in [0.15, 0.2) is 42.6 Å². The number of anilines is 1. The fraction of sp³-hybridized carbons (Fsp3) is 0.412. The second-order valence-corrected chi connectivity index (χ2v) is 5.27. The highest BCUT2D eigenvalue weighted by molar-refractivity contribution is 5.85. The molecule has 1 fully saturated rings. The first-order chi connectivity index (χ1) is 10.6. The van der Waals surface area contributed by atoms with Crippen molar-refractivity contribution in [1.82, 2.24) is 4.98 Å². The van der Waals surface area contributed by atoms with Crippen LogP contribution in [0.3, 0.4) is 0 Å². The molecule has 5 nitrogen and oxygen atoms in total. The van der Waals surface area contributed by atoms with Crippen molar-refractivity contribution < 1.29 is 14.6 Å². The summed E-state index contributed by atoms with van der Waals surface area (Å²) in [5, 5.41) is 8.86. The maximum atomic E-state index is 10.8. The van der Waals surface area contributed by atoms with Crippen LogP contribution in [0.2, 0.25) is 0 Å². The highest BCUT2D eigenvalue weighted by atomic mass is 16.5. The molecule has 1 aromatic rings. The van der Waals surface area contributed by atoms with Gasteiger partial charge in [0.25, 0.3) is 0 Å². The molecule has 0 amide bonds. The van der Waals surface area contributed by atoms with E-state index in [1.807, 2.05) is 25.1 Å². The molecule has 0 saturated carbocycles. The molecule has 0 atom stereocenters. The molecule has 1 aliphatic heterocycles. The summed E-state index contributed by atoms with van der Waals surface area (Å²) >= 11 is 0. The minimum Gasteiger partial charge on any atom is -0.477 e. The molecule has 0 aromatic carbocycles. The number of carboxylic acid groups (broad SMARTS) is 1. The van der Waals surface area contributed by atoms with Gasteiger partial charge in [0.15, 0.2) is 0 Å². The fourth-order valence-electron chi connectivity index (χ4n) is 2.45. The number of allylic oxidation sites excluding steroid dienone is 1. The molecule has 1 aliphatic rings. The van der Waals surface area contributed by atoms with Crippen LogP contribution < -0.4 is 4.90 Å². The zero-order valence-corrected chi connectivity index (χ0v) is 12.9. The van der Waals surface area contributed by atoms with Gasteiger partial charge in [0.1, 0.15) is 5.69 Å². The number of rotatable bonds is 6. The number of ether oxygens (including phenoxy) is 1. The van der Waals surface area contributed by atoms with Crippen molar-refractivity contribution in [3.8, 4) is 0 Å². The first kappa shape index (κ1) is 16.2. The predicted molar refractivity (Wildman–Crippen MR) is 86.3 cm³/mol. The highest BCUT2D eigenvalue weighted by Crippen LogP contribution is 2.21. The van der Waals surface area contributed by atoms with Gasteiger partial charge in [-0.05, 0) is 37.5 Å². The Morgan fingerprint density at radius 3 is 2.73 bits per heavy atom. The molecule has 118 valence electrons. The van der Waals surface area contributed by atoms with Gasteiger partial charge in [-0.25, -0.2) is 9.78 Å². The van der Waals surface area contributed by atoms with Crippen LogP contribution in [0.4, 0.5) is 5.69 Å². The molecular weight excluding hydrogens is 280 g/mol. The number of nitrogens with zero attached hydrogens (tertiary/aromatic N) is 2. The molecule has 0 bridgehead atoms. The largest absolute Gasteiger partial charge is 0.477 e. The second-order valence-electron chi connectivity index (χ2n) is 5.27. The molecule has 22 heavy (non-hydrogen) atoms. The molecule has 2 heterocycles. The summed E-state index contributed by atoms with van der Waals surface area (Å²) in [6, 6.07) is 3.36. The number of piperidine rings is 1. The average Bonchev–Trinajstić information content (AvgIpc) is 2.56. The Balaban J connectivity index is 1.84. The van der Waals surface area contributed by atoms with E-state index < -0.39 is 5.97 Å². The van der Waals surface area contributed by atoms with E-state index in [0.29, 0.717) is 6.61 Å². The third-order valence-corrected chi connectivity index (χ3v) is 3.89. The van der Waals surface area contributed by atoms with E-state index in [2.05, 4.69) is 16.5 Å². The van der Waals surface area contributed by atoms with Crippen molar-refractivity contribution in [1.29, 1.82) is 0 Å². The Hall–Kier alpha value is -2.14. The van der Waals surface area contributed by atoms with Crippen LogP contribution in [0.5, 0.6) is 0 Å². The van der Waals surface area contributed by atoms with Crippen LogP contribution >= 0.6 is 0 Å². The van der Waals surface area contributed by atoms with E-state index in [9.17, 15) is 4.79 Å². The minimum atomic E-state index is -0.999. The molecule has 1 N–H and O–H groups in total. The lowest BCUT2D eigenvalue weighted by atomic mass is 10.1. The van der Waals surface area contributed by atoms with Crippen molar-refractivity contribution in [2.24, 2.45) is 0 Å². The van der Waals surface area contributed by atoms with Crippen LogP contribution in [-0.2, 0) is 4.74 Å². The van der Waals surface area contributed by atoms with E-state index in [0.717, 1.165) is 37.2 Å². The number of carbonyl (C=O) groups is 1. The van der Waals surface area contributed by atoms with E-state index in [1.54, 1.807) is 12.3 Å². The van der Waals surface area contributed by atoms with E-state index in [4.69, 9.17) is 9.84 Å². The lowest BCUT2D eigenvalue weighted by Gasteiger charge is -2.33. The lowest BCUT2D eigenvalue weighted by Crippen LogP contribution is -2.37. The van der Waals surface area contributed by atoms with Gasteiger partial charge in [0.2, 0.25) is 0 Å². The zero-order valence-electron chi connectivity index (χ0n) is 12.9. The SMILES string of the molecule is C=C/C(=C\C)COC1CCN(c2ccc(C(=O)O)nc2)CC1. The summed E-state index contributed by atoms with van der Waals surface area (Å²) in [4.78, 5) is 17.0. The summed E-state index contributed by atoms with van der Waals surface area (Å²) in [5.74, 6) is -0.999. The van der Waals surface area contributed by atoms with Gasteiger partial charge < -0.3 is 14.7 Å². The van der Waals surface area contributed by atoms with Crippen molar-refractivity contribution in [2.45, 2.75) is 25.9 Å². The third kappa shape index (κ3) is 4.18. The third-order valence-electron chi connectivity index (χ3n) is 3.89. The van der Waals surface area contributed by atoms with E-state index in [-0.39, 0.29) is 11.8 Å². The van der Waals surface area contributed by atoms with Crippen LogP contribution in [0.25, 0.3) is 0 Å². The maximum absolute atomic E-state index is 10.8. The van der Waals surface area contributed by atoms with Gasteiger partial charge in [-0.2, -0.15) is 0 Å². The Morgan fingerprint density at radius 1 is 1.50 bits per heavy atom. The standard InChI is InChI=1S/C17H22N2O3/c1-3-13(4-2)12-22-15-7-9-19(10-8-15)14-5-6-16(17(20)21)18-11-14/h3-6,11,15H,1,7-10,12H2,2H3,(H,20,21)/b13-4+. The molecule has 5 heteroatoms. The summed E-state index contributed by atoms with van der Waals surface area (Å²) in [7, 11) is 0. The van der Waals surface area contributed by atoms with E-state index in [1.165, 1.54) is 0 Å². The van der Waals surface area contributed by atoms with Gasteiger partial charge in [-0.15, -0.1) is 0 Å². The highest BCUT2D eigenvalue weighted by Gasteiger charge is 2.20. The van der Waals surface area contributed by atoms with Crippen LogP contribution in [0, 0.1) is 0 Å². The summed E-state index contributed by atoms with van der Waals surface area (Å²) in [6.45, 7) is 8.13. The second kappa shape index (κ2) is 7.75. The molecule has 1 aromatic heterocycles. The number of hydrogen-bond acceptors (Lipinski definition) is 4. The van der Waals surface area contributed by atoms with Gasteiger partial charge in [-0.1, -0.05) is 18.7 Å². The molecule has 0 radical (unpaired) electrons. The van der Waals surface area contributed by atoms with Gasteiger partial charge in [0, 0.05) is 13.1 Å². The van der Waals surface area contributed by atoms with Crippen LogP contribution in [0.1, 0.15) is 30.3 Å². The van der Waals surface area contributed by atoms with Gasteiger partial charge >= 0.3 is 5.97 Å². The topological polar surface area (TPSA) is 62.7 Å². The summed E-state index contributed by atoms with van der Waals surface area (Å²) < 4.78 is 5.90. The Kier molecular flexibility index (Phi) is 5.72. The minimum absolute atomic E-state index is 0.0743. The Morgan fingerprint density at radius 2 is 2.23 bits per heavy atom. The summed E-state index contributed by atoms with van der Waals surface area (Å²) in [5.41, 5.74) is 2.14.